The molecule has 0 aliphatic carbocycles. The maximum Gasteiger partial charge on any atom is 0.328 e. The molecule has 0 aromatic carbocycles. The molecule has 68 valence electrons. The average molecular weight is 192 g/mol. The Hall–Kier alpha value is 0.314. The maximum absolute atomic E-state index is 5.52. The van der Waals surface area contributed by atoms with E-state index in [1.54, 1.807) is 0 Å². The van der Waals surface area contributed by atoms with Crippen molar-refractivity contribution in [2.75, 3.05) is 13.7 Å². The average Bonchev–Trinajstić information content (AvgIpc) is 1.84. The highest BCUT2D eigenvalue weighted by Crippen LogP contribution is 1.94. The summed E-state index contributed by atoms with van der Waals surface area (Å²) in [6.07, 6.45) is 0. The van der Waals surface area contributed by atoms with E-state index >= 15 is 0 Å². The van der Waals surface area contributed by atoms with Crippen molar-refractivity contribution in [3.05, 3.63) is 0 Å². The van der Waals surface area contributed by atoms with E-state index in [0.29, 0.717) is 0 Å². The first kappa shape index (κ1) is 11.3. The lowest BCUT2D eigenvalue weighted by molar-refractivity contribution is 0.332. The van der Waals surface area contributed by atoms with Crippen molar-refractivity contribution in [1.82, 2.24) is 9.63 Å². The molecule has 0 rings (SSSR count). The fourth-order valence-electron chi connectivity index (χ4n) is 0.757. The molecule has 11 heavy (non-hydrogen) atoms. The summed E-state index contributed by atoms with van der Waals surface area (Å²) in [6, 6.07) is 0. The molecule has 0 saturated carbocycles. The number of hydrogen-bond donors (Lipinski definition) is 2. The molecule has 0 saturated heterocycles. The minimum atomic E-state index is -1.28. The van der Waals surface area contributed by atoms with Crippen LogP contribution in [0.25, 0.3) is 0 Å². The normalized spacial score (nSPS) is 15.0. The van der Waals surface area contributed by atoms with Gasteiger partial charge in [0.2, 0.25) is 0 Å². The van der Waals surface area contributed by atoms with Gasteiger partial charge in [0, 0.05) is 6.61 Å². The van der Waals surface area contributed by atoms with Crippen molar-refractivity contribution in [3.8, 4) is 0 Å². The predicted octanol–water partition coefficient (Wildman–Crippen LogP) is 0.384. The van der Waals surface area contributed by atoms with Crippen LogP contribution in [0.4, 0.5) is 0 Å². The number of hydrogen-bond acceptors (Lipinski definition) is 3. The maximum atomic E-state index is 5.52. The lowest BCUT2D eigenvalue weighted by atomic mass is 10.9. The predicted molar refractivity (Wildman–Crippen MR) is 54.3 cm³/mol. The second-order valence-electron chi connectivity index (χ2n) is 3.52. The Morgan fingerprint density at radius 3 is 2.18 bits per heavy atom. The van der Waals surface area contributed by atoms with Gasteiger partial charge >= 0.3 is 9.36 Å². The van der Waals surface area contributed by atoms with Crippen LogP contribution in [-0.4, -0.2) is 31.3 Å². The SMILES string of the molecule is CCO[SiH](NC)N[Si](C)(C)C. The van der Waals surface area contributed by atoms with Crippen LogP contribution >= 0.6 is 0 Å². The molecule has 1 unspecified atom stereocenters. The van der Waals surface area contributed by atoms with Crippen molar-refractivity contribution < 1.29 is 4.43 Å². The number of nitrogens with one attached hydrogen (secondary N) is 2. The standard InChI is InChI=1S/C6H20N2OSi2/c1-6-9-10(7-2)8-11(3,4)5/h7-8,10H,6H2,1-5H3. The van der Waals surface area contributed by atoms with Gasteiger partial charge in [0.25, 0.3) is 0 Å². The van der Waals surface area contributed by atoms with Gasteiger partial charge in [-0.25, -0.2) is 0 Å². The first-order chi connectivity index (χ1) is 4.99. The fourth-order valence-corrected chi connectivity index (χ4v) is 5.31. The third-order valence-corrected chi connectivity index (χ3v) is 6.86. The second-order valence-corrected chi connectivity index (χ2v) is 10.8. The second kappa shape index (κ2) is 5.05. The first-order valence-electron chi connectivity index (χ1n) is 4.06. The molecular weight excluding hydrogens is 172 g/mol. The summed E-state index contributed by atoms with van der Waals surface area (Å²) in [7, 11) is -0.472. The molecule has 0 aliphatic heterocycles. The van der Waals surface area contributed by atoms with E-state index in [1.165, 1.54) is 0 Å². The van der Waals surface area contributed by atoms with Gasteiger partial charge in [-0.15, -0.1) is 0 Å². The van der Waals surface area contributed by atoms with Crippen LogP contribution < -0.4 is 9.63 Å². The highest BCUT2D eigenvalue weighted by Gasteiger charge is 2.19. The van der Waals surface area contributed by atoms with Gasteiger partial charge in [0.15, 0.2) is 0 Å². The molecule has 0 aromatic rings. The lowest BCUT2D eigenvalue weighted by Gasteiger charge is -2.24. The summed E-state index contributed by atoms with van der Waals surface area (Å²) in [4.78, 5) is 3.20. The van der Waals surface area contributed by atoms with Crippen molar-refractivity contribution in [2.24, 2.45) is 0 Å². The van der Waals surface area contributed by atoms with Crippen molar-refractivity contribution in [2.45, 2.75) is 26.6 Å². The molecule has 0 amide bonds. The highest BCUT2D eigenvalue weighted by molar-refractivity contribution is 6.81. The van der Waals surface area contributed by atoms with E-state index in [9.17, 15) is 0 Å². The van der Waals surface area contributed by atoms with Crippen molar-refractivity contribution in [3.63, 3.8) is 0 Å². The summed E-state index contributed by atoms with van der Waals surface area (Å²) >= 11 is 0. The molecular formula is C6H20N2OSi2. The Morgan fingerprint density at radius 2 is 1.91 bits per heavy atom. The van der Waals surface area contributed by atoms with E-state index < -0.39 is 17.6 Å². The minimum absolute atomic E-state index is 0.801. The van der Waals surface area contributed by atoms with E-state index in [2.05, 4.69) is 29.3 Å². The van der Waals surface area contributed by atoms with Crippen LogP contribution in [0.15, 0.2) is 0 Å². The molecule has 0 aromatic heterocycles. The fraction of sp³-hybridized carbons (Fsp3) is 1.00. The van der Waals surface area contributed by atoms with Crippen LogP contribution in [0.2, 0.25) is 19.6 Å². The molecule has 0 spiro atoms. The van der Waals surface area contributed by atoms with E-state index in [4.69, 9.17) is 4.43 Å². The molecule has 3 nitrogen and oxygen atoms in total. The molecule has 5 heteroatoms. The molecule has 0 aliphatic rings. The smallest absolute Gasteiger partial charge is 0.328 e. The van der Waals surface area contributed by atoms with Gasteiger partial charge in [0.05, 0.1) is 0 Å². The molecule has 1 atom stereocenters. The van der Waals surface area contributed by atoms with E-state index in [0.717, 1.165) is 6.61 Å². The largest absolute Gasteiger partial charge is 0.395 e. The zero-order valence-corrected chi connectivity index (χ0v) is 10.3. The van der Waals surface area contributed by atoms with Gasteiger partial charge in [-0.05, 0) is 14.0 Å². The summed E-state index contributed by atoms with van der Waals surface area (Å²) in [5.41, 5.74) is 0. The zero-order valence-electron chi connectivity index (χ0n) is 8.19. The van der Waals surface area contributed by atoms with Crippen LogP contribution in [0.1, 0.15) is 6.92 Å². The Balaban J connectivity index is 3.68. The molecule has 0 heterocycles. The zero-order chi connectivity index (χ0) is 8.91. The van der Waals surface area contributed by atoms with Crippen LogP contribution in [0.3, 0.4) is 0 Å². The minimum Gasteiger partial charge on any atom is -0.395 e. The molecule has 2 N–H and O–H groups in total. The summed E-state index contributed by atoms with van der Waals surface area (Å²) in [5.74, 6) is 0. The topological polar surface area (TPSA) is 33.3 Å². The lowest BCUT2D eigenvalue weighted by Crippen LogP contribution is -2.58. The van der Waals surface area contributed by atoms with Gasteiger partial charge in [-0.2, -0.15) is 0 Å². The van der Waals surface area contributed by atoms with E-state index in [1.807, 2.05) is 14.0 Å². The Bertz CT molecular complexity index is 105. The molecule has 0 radical (unpaired) electrons. The Labute approximate surface area is 72.5 Å². The third kappa shape index (κ3) is 6.70. The van der Waals surface area contributed by atoms with Gasteiger partial charge in [-0.3, -0.25) is 0 Å². The molecule has 0 bridgehead atoms. The number of rotatable bonds is 5. The summed E-state index contributed by atoms with van der Waals surface area (Å²) < 4.78 is 9.07. The summed E-state index contributed by atoms with van der Waals surface area (Å²) in [5, 5.41) is 0. The van der Waals surface area contributed by atoms with Crippen LogP contribution in [-0.2, 0) is 4.43 Å². The summed E-state index contributed by atoms with van der Waals surface area (Å²) in [6.45, 7) is 9.68. The monoisotopic (exact) mass is 192 g/mol. The highest BCUT2D eigenvalue weighted by atomic mass is 28.4. The van der Waals surface area contributed by atoms with Crippen LogP contribution in [0, 0.1) is 0 Å². The van der Waals surface area contributed by atoms with Gasteiger partial charge in [0.1, 0.15) is 8.24 Å². The van der Waals surface area contributed by atoms with Gasteiger partial charge < -0.3 is 14.1 Å². The Kier molecular flexibility index (Phi) is 5.19. The third-order valence-electron chi connectivity index (χ3n) is 1.16. The molecule has 0 fully saturated rings. The Morgan fingerprint density at radius 1 is 1.36 bits per heavy atom. The quantitative estimate of drug-likeness (QED) is 0.618. The van der Waals surface area contributed by atoms with Crippen molar-refractivity contribution >= 4 is 17.6 Å². The van der Waals surface area contributed by atoms with Crippen molar-refractivity contribution in [1.29, 1.82) is 0 Å². The van der Waals surface area contributed by atoms with E-state index in [-0.39, 0.29) is 0 Å². The first-order valence-corrected chi connectivity index (χ1v) is 9.18. The van der Waals surface area contributed by atoms with Crippen LogP contribution in [0.5, 0.6) is 0 Å². The van der Waals surface area contributed by atoms with Gasteiger partial charge in [-0.1, -0.05) is 19.6 Å².